The molecule has 0 unspecified atom stereocenters. The Kier molecular flexibility index (Phi) is 6.71. The van der Waals surface area contributed by atoms with E-state index in [0.29, 0.717) is 11.3 Å². The highest BCUT2D eigenvalue weighted by molar-refractivity contribution is 5.86. The number of hydrogen-bond acceptors (Lipinski definition) is 8. The topological polar surface area (TPSA) is 138 Å². The summed E-state index contributed by atoms with van der Waals surface area (Å²) < 4.78 is 16.2. The number of ether oxygens (including phenoxy) is 2. The van der Waals surface area contributed by atoms with Gasteiger partial charge < -0.3 is 19.2 Å². The molecule has 0 saturated carbocycles. The molecule has 0 aliphatic carbocycles. The van der Waals surface area contributed by atoms with Gasteiger partial charge in [-0.15, -0.1) is 0 Å². The Morgan fingerprint density at radius 3 is 2.35 bits per heavy atom. The maximum Gasteiger partial charge on any atom is 0.408 e. The summed E-state index contributed by atoms with van der Waals surface area (Å²) in [5.41, 5.74) is -0.168. The highest BCUT2D eigenvalue weighted by Crippen LogP contribution is 2.27. The summed E-state index contributed by atoms with van der Waals surface area (Å²) in [6, 6.07) is 8.92. The highest BCUT2D eigenvalue weighted by Gasteiger charge is 2.23. The number of esters is 1. The lowest BCUT2D eigenvalue weighted by atomic mass is 10.0. The van der Waals surface area contributed by atoms with Gasteiger partial charge in [0.15, 0.2) is 0 Å². The van der Waals surface area contributed by atoms with Gasteiger partial charge in [-0.2, -0.15) is 0 Å². The number of aryl methyl sites for hydroxylation is 1. The Balaban J connectivity index is 1.83. The van der Waals surface area contributed by atoms with Crippen molar-refractivity contribution < 1.29 is 28.4 Å². The fourth-order valence-corrected chi connectivity index (χ4v) is 3.18. The Morgan fingerprint density at radius 1 is 1.12 bits per heavy atom. The number of nitrogens with zero attached hydrogens (tertiary/aromatic N) is 1. The number of alkyl carbamates (subject to hydrolysis) is 1. The van der Waals surface area contributed by atoms with Gasteiger partial charge in [-0.05, 0) is 64.4 Å². The van der Waals surface area contributed by atoms with Crippen LogP contribution in [0.4, 0.5) is 10.5 Å². The first-order valence-electron chi connectivity index (χ1n) is 10.4. The van der Waals surface area contributed by atoms with Crippen molar-refractivity contribution >= 4 is 28.7 Å². The fourth-order valence-electron chi connectivity index (χ4n) is 3.18. The number of nitro benzene ring substituents is 1. The number of carbonyl (C=O) groups is 2. The molecule has 3 aromatic rings. The molecule has 1 atom stereocenters. The van der Waals surface area contributed by atoms with E-state index in [4.69, 9.17) is 13.9 Å². The SMILES string of the molecule is Cc1oc2cc(OC(=O)[C@@H](C)NC(=O)OC(C)(C)C)ccc2c(=O)c1-c1ccc([N+](=O)[O-])cc1. The zero-order chi connectivity index (χ0) is 25.2. The molecule has 1 N–H and O–H groups in total. The van der Waals surface area contributed by atoms with E-state index in [0.717, 1.165) is 0 Å². The van der Waals surface area contributed by atoms with Crippen LogP contribution in [-0.2, 0) is 9.53 Å². The number of nitrogens with one attached hydrogen (secondary N) is 1. The molecule has 0 fully saturated rings. The molecule has 0 bridgehead atoms. The lowest BCUT2D eigenvalue weighted by Crippen LogP contribution is -2.43. The number of nitro groups is 1. The van der Waals surface area contributed by atoms with Crippen LogP contribution in [-0.4, -0.2) is 28.6 Å². The molecule has 0 spiro atoms. The first-order chi connectivity index (χ1) is 15.9. The van der Waals surface area contributed by atoms with Gasteiger partial charge >= 0.3 is 12.1 Å². The zero-order valence-electron chi connectivity index (χ0n) is 19.3. The van der Waals surface area contributed by atoms with Crippen LogP contribution >= 0.6 is 0 Å². The van der Waals surface area contributed by atoms with Gasteiger partial charge in [0, 0.05) is 18.2 Å². The first-order valence-corrected chi connectivity index (χ1v) is 10.4. The van der Waals surface area contributed by atoms with E-state index in [1.54, 1.807) is 27.7 Å². The van der Waals surface area contributed by atoms with Crippen molar-refractivity contribution in [2.75, 3.05) is 0 Å². The molecule has 0 aliphatic heterocycles. The lowest BCUT2D eigenvalue weighted by Gasteiger charge is -2.21. The molecule has 0 saturated heterocycles. The summed E-state index contributed by atoms with van der Waals surface area (Å²) in [6.07, 6.45) is -0.754. The summed E-state index contributed by atoms with van der Waals surface area (Å²) >= 11 is 0. The summed E-state index contributed by atoms with van der Waals surface area (Å²) in [4.78, 5) is 47.7. The smallest absolute Gasteiger partial charge is 0.408 e. The average molecular weight is 468 g/mol. The van der Waals surface area contributed by atoms with Crippen molar-refractivity contribution in [2.24, 2.45) is 0 Å². The maximum atomic E-state index is 13.1. The van der Waals surface area contributed by atoms with Crippen LogP contribution in [0, 0.1) is 17.0 Å². The second-order valence-corrected chi connectivity index (χ2v) is 8.61. The number of hydrogen-bond donors (Lipinski definition) is 1. The van der Waals surface area contributed by atoms with Gasteiger partial charge in [-0.1, -0.05) is 0 Å². The normalized spacial score (nSPS) is 12.1. The van der Waals surface area contributed by atoms with Crippen molar-refractivity contribution in [1.82, 2.24) is 5.32 Å². The van der Waals surface area contributed by atoms with Crippen molar-refractivity contribution in [3.8, 4) is 16.9 Å². The van der Waals surface area contributed by atoms with Crippen LogP contribution in [0.25, 0.3) is 22.1 Å². The van der Waals surface area contributed by atoms with Crippen LogP contribution in [0.5, 0.6) is 5.75 Å². The fraction of sp³-hybridized carbons (Fsp3) is 0.292. The molecule has 3 rings (SSSR count). The molecular weight excluding hydrogens is 444 g/mol. The van der Waals surface area contributed by atoms with Crippen molar-refractivity contribution in [1.29, 1.82) is 0 Å². The Labute approximate surface area is 194 Å². The largest absolute Gasteiger partial charge is 0.460 e. The summed E-state index contributed by atoms with van der Waals surface area (Å²) in [6.45, 7) is 8.16. The molecular formula is C24H24N2O8. The third-order valence-corrected chi connectivity index (χ3v) is 4.71. The minimum Gasteiger partial charge on any atom is -0.460 e. The summed E-state index contributed by atoms with van der Waals surface area (Å²) in [5.74, 6) is -0.303. The monoisotopic (exact) mass is 468 g/mol. The highest BCUT2D eigenvalue weighted by atomic mass is 16.6. The third kappa shape index (κ3) is 5.58. The van der Waals surface area contributed by atoms with Crippen LogP contribution < -0.4 is 15.5 Å². The van der Waals surface area contributed by atoms with E-state index < -0.39 is 28.6 Å². The quantitative estimate of drug-likeness (QED) is 0.250. The minimum absolute atomic E-state index is 0.0894. The zero-order valence-corrected chi connectivity index (χ0v) is 19.3. The molecule has 1 amide bonds. The second kappa shape index (κ2) is 9.34. The molecule has 2 aromatic carbocycles. The predicted molar refractivity (Wildman–Crippen MR) is 124 cm³/mol. The van der Waals surface area contributed by atoms with E-state index in [-0.39, 0.29) is 33.4 Å². The number of benzene rings is 2. The third-order valence-electron chi connectivity index (χ3n) is 4.71. The minimum atomic E-state index is -0.983. The van der Waals surface area contributed by atoms with Crippen molar-refractivity contribution in [2.45, 2.75) is 46.3 Å². The molecule has 10 heteroatoms. The van der Waals surface area contributed by atoms with E-state index >= 15 is 0 Å². The van der Waals surface area contributed by atoms with Gasteiger partial charge in [0.2, 0.25) is 5.43 Å². The lowest BCUT2D eigenvalue weighted by molar-refractivity contribution is -0.384. The molecule has 178 valence electrons. The Morgan fingerprint density at radius 2 is 1.76 bits per heavy atom. The molecule has 1 heterocycles. The Hall–Kier alpha value is -4.21. The predicted octanol–water partition coefficient (Wildman–Crippen LogP) is 4.50. The Bertz CT molecular complexity index is 1320. The van der Waals surface area contributed by atoms with Gasteiger partial charge in [-0.25, -0.2) is 9.59 Å². The second-order valence-electron chi connectivity index (χ2n) is 8.61. The summed E-state index contributed by atoms with van der Waals surface area (Å²) in [7, 11) is 0. The van der Waals surface area contributed by atoms with Gasteiger partial charge in [0.1, 0.15) is 28.7 Å². The maximum absolute atomic E-state index is 13.1. The van der Waals surface area contributed by atoms with E-state index in [9.17, 15) is 24.5 Å². The molecule has 0 radical (unpaired) electrons. The molecule has 10 nitrogen and oxygen atoms in total. The standard InChI is InChI=1S/C24H24N2O8/c1-13(25-23(29)34-24(3,4)5)22(28)33-17-10-11-18-19(12-17)32-14(2)20(21(18)27)15-6-8-16(9-7-15)26(30)31/h6-13H,1-5H3,(H,25,29)/t13-/m1/s1. The van der Waals surface area contributed by atoms with E-state index in [1.165, 1.54) is 49.4 Å². The number of non-ortho nitro benzene ring substituents is 1. The number of carbonyl (C=O) groups excluding carboxylic acids is 2. The van der Waals surface area contributed by atoms with Gasteiger partial charge in [0.25, 0.3) is 5.69 Å². The van der Waals surface area contributed by atoms with Crippen LogP contribution in [0.2, 0.25) is 0 Å². The average Bonchev–Trinajstić information content (AvgIpc) is 2.72. The van der Waals surface area contributed by atoms with Crippen molar-refractivity contribution in [3.63, 3.8) is 0 Å². The molecule has 34 heavy (non-hydrogen) atoms. The molecule has 1 aromatic heterocycles. The first kappa shape index (κ1) is 24.4. The van der Waals surface area contributed by atoms with Gasteiger partial charge in [-0.3, -0.25) is 14.9 Å². The van der Waals surface area contributed by atoms with Crippen molar-refractivity contribution in [3.05, 3.63) is 68.6 Å². The number of rotatable bonds is 5. The van der Waals surface area contributed by atoms with Crippen LogP contribution in [0.3, 0.4) is 0 Å². The van der Waals surface area contributed by atoms with E-state index in [2.05, 4.69) is 5.32 Å². The van der Waals surface area contributed by atoms with Crippen LogP contribution in [0.1, 0.15) is 33.5 Å². The summed E-state index contributed by atoms with van der Waals surface area (Å²) in [5, 5.41) is 13.5. The number of amides is 1. The van der Waals surface area contributed by atoms with Gasteiger partial charge in [0.05, 0.1) is 15.9 Å². The van der Waals surface area contributed by atoms with Crippen LogP contribution in [0.15, 0.2) is 51.7 Å². The number of fused-ring (bicyclic) bond motifs is 1. The molecule has 0 aliphatic rings. The van der Waals surface area contributed by atoms with E-state index in [1.807, 2.05) is 0 Å².